The zero-order valence-electron chi connectivity index (χ0n) is 19.0. The number of unbranched alkanes of at least 4 members (excludes halogenated alkanes) is 12. The summed E-state index contributed by atoms with van der Waals surface area (Å²) in [7, 11) is 0. The highest BCUT2D eigenvalue weighted by Crippen LogP contribution is 2.13. The number of aliphatic hydroxyl groups is 2. The number of rotatable bonds is 21. The van der Waals surface area contributed by atoms with Crippen molar-refractivity contribution < 1.29 is 27.1 Å². The summed E-state index contributed by atoms with van der Waals surface area (Å²) in [4.78, 5) is 0. The van der Waals surface area contributed by atoms with E-state index in [1.807, 2.05) is 0 Å². The predicted octanol–water partition coefficient (Wildman–Crippen LogP) is 2.85. The van der Waals surface area contributed by atoms with Crippen molar-refractivity contribution in [3.8, 4) is 0 Å². The summed E-state index contributed by atoms with van der Waals surface area (Å²) in [5.74, 6) is 0. The molecule has 0 unspecified atom stereocenters. The molecule has 0 fully saturated rings. The van der Waals surface area contributed by atoms with Crippen molar-refractivity contribution in [2.24, 2.45) is 0 Å². The molecule has 0 rings (SSSR count). The quantitative estimate of drug-likeness (QED) is 0.170. The molecular weight excluding hydrogens is 370 g/mol. The van der Waals surface area contributed by atoms with Crippen molar-refractivity contribution >= 4 is 0 Å². The second-order valence-electron chi connectivity index (χ2n) is 8.21. The Labute approximate surface area is 182 Å². The van der Waals surface area contributed by atoms with E-state index in [2.05, 4.69) is 26.0 Å². The normalized spacial score (nSPS) is 11.9. The molecule has 0 heterocycles. The third kappa shape index (κ3) is 18.0. The van der Waals surface area contributed by atoms with Crippen LogP contribution in [0.5, 0.6) is 0 Å². The van der Waals surface area contributed by atoms with E-state index in [1.54, 1.807) is 0 Å². The van der Waals surface area contributed by atoms with E-state index in [0.29, 0.717) is 0 Å². The minimum atomic E-state index is 0. The zero-order chi connectivity index (χ0) is 20.1. The van der Waals surface area contributed by atoms with Gasteiger partial charge >= 0.3 is 0 Å². The maximum Gasteiger partial charge on any atom is 0.102 e. The van der Waals surface area contributed by atoms with E-state index >= 15 is 0 Å². The lowest BCUT2D eigenvalue weighted by Crippen LogP contribution is -3.00. The van der Waals surface area contributed by atoms with Crippen molar-refractivity contribution in [3.63, 3.8) is 0 Å². The Morgan fingerprint density at radius 1 is 0.571 bits per heavy atom. The maximum absolute atomic E-state index is 9.29. The highest BCUT2D eigenvalue weighted by molar-refractivity contribution is 4.81. The van der Waals surface area contributed by atoms with Gasteiger partial charge in [0.1, 0.15) is 13.1 Å². The average Bonchev–Trinajstić information content (AvgIpc) is 2.68. The molecule has 0 saturated heterocycles. The van der Waals surface area contributed by atoms with Crippen molar-refractivity contribution in [2.75, 3.05) is 39.4 Å². The second kappa shape index (κ2) is 23.2. The summed E-state index contributed by atoms with van der Waals surface area (Å²) in [5, 5.41) is 18.6. The second-order valence-corrected chi connectivity index (χ2v) is 8.21. The number of quaternary nitrogens is 1. The van der Waals surface area contributed by atoms with E-state index in [-0.39, 0.29) is 25.6 Å². The van der Waals surface area contributed by atoms with Crippen molar-refractivity contribution in [1.29, 1.82) is 0 Å². The SMILES string of the molecule is CCCCCCCC/C=C\CCCCCCCC[N+](CC)(CCO)CCO.[Cl-]. The van der Waals surface area contributed by atoms with Crippen LogP contribution in [0.3, 0.4) is 0 Å². The van der Waals surface area contributed by atoms with E-state index < -0.39 is 0 Å². The molecule has 0 spiro atoms. The topological polar surface area (TPSA) is 40.5 Å². The van der Waals surface area contributed by atoms with Crippen LogP contribution in [0.1, 0.15) is 104 Å². The minimum Gasteiger partial charge on any atom is -1.00 e. The molecule has 0 aliphatic rings. The van der Waals surface area contributed by atoms with Crippen LogP contribution in [0.4, 0.5) is 0 Å². The lowest BCUT2D eigenvalue weighted by Gasteiger charge is -2.37. The molecule has 0 aliphatic heterocycles. The standard InChI is InChI=1S/C24H50NO2.ClH/c1-3-5-6-7-8-9-10-11-12-13-14-15-16-17-18-19-20-25(4-2,21-23-26)22-24-27;/h11-12,26-27H,3-10,13-24H2,1-2H3;1H/q+1;/p-1/b12-11-;. The fraction of sp³-hybridized carbons (Fsp3) is 0.917. The van der Waals surface area contributed by atoms with Gasteiger partial charge in [0, 0.05) is 0 Å². The molecule has 0 aromatic carbocycles. The molecule has 0 bridgehead atoms. The largest absolute Gasteiger partial charge is 1.00 e. The smallest absolute Gasteiger partial charge is 0.102 e. The van der Waals surface area contributed by atoms with Gasteiger partial charge in [-0.05, 0) is 45.4 Å². The Hall–Kier alpha value is -0.0900. The zero-order valence-corrected chi connectivity index (χ0v) is 19.8. The molecule has 0 amide bonds. The third-order valence-electron chi connectivity index (χ3n) is 5.96. The van der Waals surface area contributed by atoms with Gasteiger partial charge < -0.3 is 27.1 Å². The monoisotopic (exact) mass is 419 g/mol. The van der Waals surface area contributed by atoms with Crippen LogP contribution >= 0.6 is 0 Å². The number of aliphatic hydroxyl groups excluding tert-OH is 2. The maximum atomic E-state index is 9.29. The molecule has 170 valence electrons. The minimum absolute atomic E-state index is 0. The highest BCUT2D eigenvalue weighted by Gasteiger charge is 2.23. The Bertz CT molecular complexity index is 318. The van der Waals surface area contributed by atoms with Crippen molar-refractivity contribution in [1.82, 2.24) is 0 Å². The lowest BCUT2D eigenvalue weighted by atomic mass is 10.1. The van der Waals surface area contributed by atoms with Crippen LogP contribution in [0, 0.1) is 0 Å². The summed E-state index contributed by atoms with van der Waals surface area (Å²) >= 11 is 0. The van der Waals surface area contributed by atoms with E-state index in [9.17, 15) is 10.2 Å². The lowest BCUT2D eigenvalue weighted by molar-refractivity contribution is -0.927. The van der Waals surface area contributed by atoms with Crippen LogP contribution in [0.15, 0.2) is 12.2 Å². The molecule has 0 aliphatic carbocycles. The van der Waals surface area contributed by atoms with Gasteiger partial charge in [-0.25, -0.2) is 0 Å². The molecule has 0 radical (unpaired) electrons. The predicted molar refractivity (Wildman–Crippen MR) is 119 cm³/mol. The van der Waals surface area contributed by atoms with Crippen molar-refractivity contribution in [3.05, 3.63) is 12.2 Å². The number of allylic oxidation sites excluding steroid dienone is 2. The first-order valence-corrected chi connectivity index (χ1v) is 12.0. The summed E-state index contributed by atoms with van der Waals surface area (Å²) in [6, 6.07) is 0. The van der Waals surface area contributed by atoms with Crippen LogP contribution in [0.25, 0.3) is 0 Å². The first-order valence-electron chi connectivity index (χ1n) is 12.0. The van der Waals surface area contributed by atoms with Gasteiger partial charge in [-0.15, -0.1) is 0 Å². The van der Waals surface area contributed by atoms with Crippen LogP contribution in [-0.2, 0) is 0 Å². The molecule has 0 aromatic rings. The molecule has 0 aromatic heterocycles. The first-order chi connectivity index (χ1) is 13.2. The van der Waals surface area contributed by atoms with E-state index in [1.165, 1.54) is 89.9 Å². The Kier molecular flexibility index (Phi) is 24.9. The number of halogens is 1. The van der Waals surface area contributed by atoms with Crippen LogP contribution in [0.2, 0.25) is 0 Å². The number of hydrogen-bond donors (Lipinski definition) is 2. The van der Waals surface area contributed by atoms with Gasteiger partial charge in [0.05, 0.1) is 26.3 Å². The summed E-state index contributed by atoms with van der Waals surface area (Å²) < 4.78 is 0.871. The van der Waals surface area contributed by atoms with Crippen molar-refractivity contribution in [2.45, 2.75) is 104 Å². The van der Waals surface area contributed by atoms with Gasteiger partial charge in [-0.1, -0.05) is 70.4 Å². The number of nitrogens with zero attached hydrogens (tertiary/aromatic N) is 1. The number of likely N-dealkylation sites (N-methyl/N-ethyl adjacent to an activating group) is 1. The molecular formula is C24H50ClNO2. The molecule has 28 heavy (non-hydrogen) atoms. The molecule has 2 N–H and O–H groups in total. The van der Waals surface area contributed by atoms with E-state index in [4.69, 9.17) is 0 Å². The molecule has 0 atom stereocenters. The molecule has 4 heteroatoms. The van der Waals surface area contributed by atoms with Gasteiger partial charge in [0.2, 0.25) is 0 Å². The summed E-state index contributed by atoms with van der Waals surface area (Å²) in [6.07, 6.45) is 23.5. The van der Waals surface area contributed by atoms with E-state index in [0.717, 1.165) is 30.7 Å². The molecule has 0 saturated carbocycles. The highest BCUT2D eigenvalue weighted by atomic mass is 35.5. The summed E-state index contributed by atoms with van der Waals surface area (Å²) in [5.41, 5.74) is 0. The van der Waals surface area contributed by atoms with Gasteiger partial charge in [0.15, 0.2) is 0 Å². The fourth-order valence-corrected chi connectivity index (χ4v) is 3.93. The average molecular weight is 420 g/mol. The van der Waals surface area contributed by atoms with Gasteiger partial charge in [-0.2, -0.15) is 0 Å². The Balaban J connectivity index is 0. The third-order valence-corrected chi connectivity index (χ3v) is 5.96. The van der Waals surface area contributed by atoms with Gasteiger partial charge in [0.25, 0.3) is 0 Å². The fourth-order valence-electron chi connectivity index (χ4n) is 3.93. The van der Waals surface area contributed by atoms with Crippen LogP contribution in [-0.4, -0.2) is 54.1 Å². The summed E-state index contributed by atoms with van der Waals surface area (Å²) in [6.45, 7) is 8.55. The van der Waals surface area contributed by atoms with Gasteiger partial charge in [-0.3, -0.25) is 0 Å². The molecule has 3 nitrogen and oxygen atoms in total. The first kappa shape index (κ1) is 30.1. The number of hydrogen-bond acceptors (Lipinski definition) is 2. The Morgan fingerprint density at radius 3 is 1.43 bits per heavy atom. The van der Waals surface area contributed by atoms with Crippen LogP contribution < -0.4 is 12.4 Å². The Morgan fingerprint density at radius 2 is 1.00 bits per heavy atom.